The molecule has 0 aliphatic carbocycles. The van der Waals surface area contributed by atoms with E-state index in [9.17, 15) is 13.9 Å². The van der Waals surface area contributed by atoms with Crippen LogP contribution in [0, 0.1) is 0 Å². The van der Waals surface area contributed by atoms with Crippen molar-refractivity contribution in [2.45, 2.75) is 18.4 Å². The van der Waals surface area contributed by atoms with E-state index in [1.54, 1.807) is 0 Å². The van der Waals surface area contributed by atoms with Gasteiger partial charge in [0.25, 0.3) is 0 Å². The molecule has 144 valence electrons. The standard InChI is InChI=1S/C14H32N2O6P2/c1-23(2,20)14(24(3,4)21)15-13(19)22-12-9-16(7-5-10-17)8-6-11-18/h14,17-18H,5-12H2,1-4H3,(H,15,19). The molecule has 1 amide bonds. The normalized spacial score (nSPS) is 12.7. The number of hydrogen-bond donors (Lipinski definition) is 3. The molecule has 24 heavy (non-hydrogen) atoms. The highest BCUT2D eigenvalue weighted by Crippen LogP contribution is 2.59. The second-order valence-electron chi connectivity index (χ2n) is 6.52. The van der Waals surface area contributed by atoms with Gasteiger partial charge in [-0.05, 0) is 39.5 Å². The maximum Gasteiger partial charge on any atom is 0.408 e. The predicted molar refractivity (Wildman–Crippen MR) is 97.0 cm³/mol. The molecule has 0 aromatic rings. The second kappa shape index (κ2) is 11.3. The molecule has 10 heteroatoms. The molecule has 8 nitrogen and oxygen atoms in total. The Morgan fingerprint density at radius 1 is 1.00 bits per heavy atom. The van der Waals surface area contributed by atoms with Crippen molar-refractivity contribution in [2.24, 2.45) is 0 Å². The number of rotatable bonds is 12. The van der Waals surface area contributed by atoms with E-state index in [2.05, 4.69) is 5.32 Å². The monoisotopic (exact) mass is 386 g/mol. The van der Waals surface area contributed by atoms with Gasteiger partial charge in [0.2, 0.25) is 0 Å². The number of alkyl carbamates (subject to hydrolysis) is 1. The summed E-state index contributed by atoms with van der Waals surface area (Å²) in [5.74, 6) is 0. The van der Waals surface area contributed by atoms with Gasteiger partial charge in [-0.25, -0.2) is 4.79 Å². The van der Waals surface area contributed by atoms with Crippen molar-refractivity contribution in [3.05, 3.63) is 0 Å². The fraction of sp³-hybridized carbons (Fsp3) is 0.929. The number of ether oxygens (including phenoxy) is 1. The molecule has 0 atom stereocenters. The lowest BCUT2D eigenvalue weighted by Gasteiger charge is -2.26. The van der Waals surface area contributed by atoms with E-state index in [1.165, 1.54) is 26.7 Å². The third kappa shape index (κ3) is 10.5. The first-order valence-corrected chi connectivity index (χ1v) is 13.3. The number of hydrogen-bond acceptors (Lipinski definition) is 7. The van der Waals surface area contributed by atoms with Crippen LogP contribution in [0.4, 0.5) is 4.79 Å². The summed E-state index contributed by atoms with van der Waals surface area (Å²) in [5, 5.41) is 20.2. The average Bonchev–Trinajstić information content (AvgIpc) is 2.44. The number of aliphatic hydroxyl groups excluding tert-OH is 2. The Hall–Kier alpha value is -0.390. The van der Waals surface area contributed by atoms with Crippen LogP contribution < -0.4 is 5.32 Å². The maximum absolute atomic E-state index is 12.2. The zero-order chi connectivity index (χ0) is 18.8. The van der Waals surface area contributed by atoms with Gasteiger partial charge in [0.15, 0.2) is 0 Å². The van der Waals surface area contributed by atoms with Crippen molar-refractivity contribution < 1.29 is 28.9 Å². The van der Waals surface area contributed by atoms with Gasteiger partial charge in [0.05, 0.1) is 0 Å². The molecule has 0 fully saturated rings. The molecule has 0 saturated heterocycles. The fourth-order valence-electron chi connectivity index (χ4n) is 2.32. The first-order valence-electron chi connectivity index (χ1n) is 7.99. The molecule has 0 saturated carbocycles. The molecule has 0 spiro atoms. The highest BCUT2D eigenvalue weighted by molar-refractivity contribution is 7.80. The van der Waals surface area contributed by atoms with Crippen molar-refractivity contribution in [1.82, 2.24) is 10.2 Å². The van der Waals surface area contributed by atoms with Crippen molar-refractivity contribution in [2.75, 3.05) is 66.1 Å². The Bertz CT molecular complexity index is 432. The van der Waals surface area contributed by atoms with E-state index in [4.69, 9.17) is 14.9 Å². The summed E-state index contributed by atoms with van der Waals surface area (Å²) in [6.07, 6.45) is 0.462. The lowest BCUT2D eigenvalue weighted by atomic mass is 10.3. The number of carbonyl (C=O) groups is 1. The summed E-state index contributed by atoms with van der Waals surface area (Å²) in [6, 6.07) is 0. The van der Waals surface area contributed by atoms with Crippen molar-refractivity contribution in [3.8, 4) is 0 Å². The molecule has 0 heterocycles. The minimum Gasteiger partial charge on any atom is -0.448 e. The summed E-state index contributed by atoms with van der Waals surface area (Å²) in [5.41, 5.74) is -0.891. The van der Waals surface area contributed by atoms with E-state index >= 15 is 0 Å². The lowest BCUT2D eigenvalue weighted by molar-refractivity contribution is 0.121. The van der Waals surface area contributed by atoms with E-state index in [1.807, 2.05) is 4.90 Å². The lowest BCUT2D eigenvalue weighted by Crippen LogP contribution is -2.37. The molecular weight excluding hydrogens is 354 g/mol. The first kappa shape index (κ1) is 23.6. The number of aliphatic hydroxyl groups is 2. The van der Waals surface area contributed by atoms with Gasteiger partial charge < -0.3 is 29.4 Å². The van der Waals surface area contributed by atoms with Crippen LogP contribution in [0.5, 0.6) is 0 Å². The third-order valence-electron chi connectivity index (χ3n) is 3.33. The van der Waals surface area contributed by atoms with Crippen LogP contribution in [0.3, 0.4) is 0 Å². The number of nitrogens with zero attached hydrogens (tertiary/aromatic N) is 1. The molecule has 0 bridgehead atoms. The van der Waals surface area contributed by atoms with E-state index in [0.29, 0.717) is 32.5 Å². The molecule has 0 unspecified atom stereocenters. The summed E-state index contributed by atoms with van der Waals surface area (Å²) >= 11 is 0. The Balaban J connectivity index is 4.44. The third-order valence-corrected chi connectivity index (χ3v) is 9.28. The smallest absolute Gasteiger partial charge is 0.408 e. The van der Waals surface area contributed by atoms with Crippen LogP contribution in [0.15, 0.2) is 0 Å². The summed E-state index contributed by atoms with van der Waals surface area (Å²) in [4.78, 5) is 13.9. The minimum absolute atomic E-state index is 0.0726. The van der Waals surface area contributed by atoms with Crippen molar-refractivity contribution >= 4 is 20.4 Å². The Labute approximate surface area is 144 Å². The van der Waals surface area contributed by atoms with E-state index in [-0.39, 0.29) is 19.8 Å². The number of amides is 1. The topological polar surface area (TPSA) is 116 Å². The van der Waals surface area contributed by atoms with Crippen molar-refractivity contribution in [1.29, 1.82) is 0 Å². The van der Waals surface area contributed by atoms with Gasteiger partial charge >= 0.3 is 6.09 Å². The average molecular weight is 386 g/mol. The fourth-order valence-corrected chi connectivity index (χ4v) is 8.51. The molecule has 3 N–H and O–H groups in total. The largest absolute Gasteiger partial charge is 0.448 e. The van der Waals surface area contributed by atoms with E-state index in [0.717, 1.165) is 0 Å². The Kier molecular flexibility index (Phi) is 11.1. The molecule has 0 aliphatic rings. The van der Waals surface area contributed by atoms with Crippen LogP contribution >= 0.6 is 14.3 Å². The quantitative estimate of drug-likeness (QED) is 0.433. The predicted octanol–water partition coefficient (Wildman–Crippen LogP) is 1.31. The van der Waals surface area contributed by atoms with E-state index < -0.39 is 25.9 Å². The van der Waals surface area contributed by atoms with Gasteiger partial charge in [-0.1, -0.05) is 0 Å². The van der Waals surface area contributed by atoms with Crippen LogP contribution in [-0.2, 0) is 13.9 Å². The van der Waals surface area contributed by atoms with Gasteiger partial charge in [0.1, 0.15) is 26.4 Å². The zero-order valence-corrected chi connectivity index (χ0v) is 16.9. The summed E-state index contributed by atoms with van der Waals surface area (Å²) < 4.78 is 29.5. The molecule has 0 aliphatic heterocycles. The molecule has 0 radical (unpaired) electrons. The minimum atomic E-state index is -2.77. The van der Waals surface area contributed by atoms with Gasteiger partial charge in [-0.3, -0.25) is 4.90 Å². The molecular formula is C14H32N2O6P2. The number of carbonyl (C=O) groups excluding carboxylic acids is 1. The summed E-state index contributed by atoms with van der Waals surface area (Å²) in [6.45, 7) is 7.96. The Morgan fingerprint density at radius 2 is 1.46 bits per heavy atom. The molecule has 0 rings (SSSR count). The van der Waals surface area contributed by atoms with Crippen LogP contribution in [-0.4, -0.2) is 92.8 Å². The van der Waals surface area contributed by atoms with Crippen LogP contribution in [0.1, 0.15) is 12.8 Å². The highest BCUT2D eigenvalue weighted by atomic mass is 31.2. The zero-order valence-electron chi connectivity index (χ0n) is 15.1. The SMILES string of the molecule is CP(C)(=O)C(NC(=O)OCCN(CCCO)CCCO)P(C)(C)=O. The molecule has 0 aromatic carbocycles. The Morgan fingerprint density at radius 3 is 1.83 bits per heavy atom. The van der Waals surface area contributed by atoms with Crippen molar-refractivity contribution in [3.63, 3.8) is 0 Å². The number of nitrogens with one attached hydrogen (secondary N) is 1. The van der Waals surface area contributed by atoms with Crippen LogP contribution in [0.2, 0.25) is 0 Å². The maximum atomic E-state index is 12.2. The van der Waals surface area contributed by atoms with Crippen LogP contribution in [0.25, 0.3) is 0 Å². The highest BCUT2D eigenvalue weighted by Gasteiger charge is 2.35. The second-order valence-corrected chi connectivity index (χ2v) is 13.7. The molecule has 0 aromatic heterocycles. The summed E-state index contributed by atoms with van der Waals surface area (Å²) in [7, 11) is -5.55. The van der Waals surface area contributed by atoms with Gasteiger partial charge in [0, 0.05) is 32.8 Å². The first-order chi connectivity index (χ1) is 11.0. The van der Waals surface area contributed by atoms with Gasteiger partial charge in [-0.15, -0.1) is 0 Å². The van der Waals surface area contributed by atoms with Gasteiger partial charge in [-0.2, -0.15) is 0 Å².